The average molecular weight is 1130 g/mol. The fourth-order valence-electron chi connectivity index (χ4n) is 9.36. The Labute approximate surface area is 493 Å². The molecular formula is C70H117NO10. The minimum absolute atomic E-state index is 0.0977. The van der Waals surface area contributed by atoms with Crippen LogP contribution in [0.15, 0.2) is 122 Å². The van der Waals surface area contributed by atoms with E-state index >= 15 is 0 Å². The lowest BCUT2D eigenvalue weighted by Gasteiger charge is -2.41. The number of esters is 1. The second kappa shape index (κ2) is 56.5. The Morgan fingerprint density at radius 2 is 0.951 bits per heavy atom. The maximum absolute atomic E-state index is 13.4. The first-order chi connectivity index (χ1) is 39.7. The van der Waals surface area contributed by atoms with E-state index in [1.54, 1.807) is 6.08 Å². The van der Waals surface area contributed by atoms with Gasteiger partial charge in [0.25, 0.3) is 0 Å². The number of allylic oxidation sites excluding steroid dienone is 19. The van der Waals surface area contributed by atoms with Gasteiger partial charge in [-0.15, -0.1) is 0 Å². The molecule has 0 bridgehead atoms. The van der Waals surface area contributed by atoms with Gasteiger partial charge in [-0.05, 0) is 96.3 Å². The van der Waals surface area contributed by atoms with Crippen LogP contribution in [0, 0.1) is 0 Å². The predicted molar refractivity (Wildman–Crippen MR) is 338 cm³/mol. The fourth-order valence-corrected chi connectivity index (χ4v) is 9.36. The van der Waals surface area contributed by atoms with E-state index in [9.17, 15) is 35.1 Å². The van der Waals surface area contributed by atoms with Crippen molar-refractivity contribution >= 4 is 11.9 Å². The van der Waals surface area contributed by atoms with Crippen LogP contribution in [0.25, 0.3) is 0 Å². The molecule has 0 saturated carbocycles. The van der Waals surface area contributed by atoms with Crippen molar-refractivity contribution in [3.63, 3.8) is 0 Å². The molecule has 8 atom stereocenters. The van der Waals surface area contributed by atoms with Crippen molar-refractivity contribution < 1.29 is 49.3 Å². The first-order valence-electron chi connectivity index (χ1n) is 32.3. The number of aliphatic hydroxyl groups is 5. The number of carbonyl (C=O) groups is 2. The zero-order valence-corrected chi connectivity index (χ0v) is 51.1. The first-order valence-corrected chi connectivity index (χ1v) is 32.3. The van der Waals surface area contributed by atoms with E-state index < -0.39 is 67.4 Å². The Kier molecular flexibility index (Phi) is 52.4. The highest BCUT2D eigenvalue weighted by Crippen LogP contribution is 2.26. The Bertz CT molecular complexity index is 1780. The van der Waals surface area contributed by atoms with Crippen molar-refractivity contribution in [2.24, 2.45) is 0 Å². The maximum Gasteiger partial charge on any atom is 0.306 e. The summed E-state index contributed by atoms with van der Waals surface area (Å²) < 4.78 is 17.6. The SMILES string of the molecule is CC/C=C\C/C=C\C/C=C\C/C=C\C/C=C\C/C=C\CCCCCCCCC(=O)OC1C(OCC(NC(=O)C(O)CCCCCCCC/C=C/C=C/C=C/CC)C(O)/C=C/CCCCCCCCCCCCC)OC(CO)C(O)C1O. The van der Waals surface area contributed by atoms with Crippen LogP contribution in [0.2, 0.25) is 0 Å². The molecule has 0 aromatic carbocycles. The summed E-state index contributed by atoms with van der Waals surface area (Å²) in [6.45, 7) is 5.52. The van der Waals surface area contributed by atoms with E-state index in [0.717, 1.165) is 141 Å². The topological polar surface area (TPSA) is 175 Å². The number of carbonyl (C=O) groups excluding carboxylic acids is 2. The van der Waals surface area contributed by atoms with Gasteiger partial charge < -0.3 is 45.1 Å². The highest BCUT2D eigenvalue weighted by Gasteiger charge is 2.47. The van der Waals surface area contributed by atoms with Crippen LogP contribution in [0.3, 0.4) is 0 Å². The summed E-state index contributed by atoms with van der Waals surface area (Å²) in [4.78, 5) is 26.6. The quantitative estimate of drug-likeness (QED) is 0.0149. The van der Waals surface area contributed by atoms with Gasteiger partial charge >= 0.3 is 5.97 Å². The fraction of sp³-hybridized carbons (Fsp3) is 0.686. The largest absolute Gasteiger partial charge is 0.454 e. The third-order valence-electron chi connectivity index (χ3n) is 14.4. The van der Waals surface area contributed by atoms with E-state index in [1.807, 2.05) is 18.2 Å². The minimum Gasteiger partial charge on any atom is -0.454 e. The summed E-state index contributed by atoms with van der Waals surface area (Å²) in [5, 5.41) is 57.0. The summed E-state index contributed by atoms with van der Waals surface area (Å²) in [5.41, 5.74) is 0. The lowest BCUT2D eigenvalue weighted by molar-refractivity contribution is -0.305. The van der Waals surface area contributed by atoms with E-state index in [1.165, 1.54) is 57.8 Å². The van der Waals surface area contributed by atoms with Crippen LogP contribution in [-0.2, 0) is 23.8 Å². The van der Waals surface area contributed by atoms with Gasteiger partial charge in [0.2, 0.25) is 5.91 Å². The maximum atomic E-state index is 13.4. The zero-order valence-electron chi connectivity index (χ0n) is 51.1. The summed E-state index contributed by atoms with van der Waals surface area (Å²) in [6, 6.07) is -1.04. The normalized spacial score (nSPS) is 19.5. The van der Waals surface area contributed by atoms with Gasteiger partial charge in [0, 0.05) is 6.42 Å². The molecule has 11 nitrogen and oxygen atoms in total. The molecule has 8 unspecified atom stereocenters. The second-order valence-electron chi connectivity index (χ2n) is 21.8. The van der Waals surface area contributed by atoms with Gasteiger partial charge in [-0.3, -0.25) is 9.59 Å². The number of hydrogen-bond acceptors (Lipinski definition) is 10. The van der Waals surface area contributed by atoms with Gasteiger partial charge in [0.15, 0.2) is 12.4 Å². The van der Waals surface area contributed by atoms with Gasteiger partial charge in [-0.25, -0.2) is 0 Å². The van der Waals surface area contributed by atoms with Gasteiger partial charge in [0.1, 0.15) is 24.4 Å². The highest BCUT2D eigenvalue weighted by atomic mass is 16.7. The van der Waals surface area contributed by atoms with E-state index in [4.69, 9.17) is 14.2 Å². The molecule has 1 fully saturated rings. The molecule has 1 saturated heterocycles. The molecule has 1 heterocycles. The van der Waals surface area contributed by atoms with Crippen LogP contribution >= 0.6 is 0 Å². The van der Waals surface area contributed by atoms with Crippen molar-refractivity contribution in [2.75, 3.05) is 13.2 Å². The zero-order chi connectivity index (χ0) is 58.9. The number of ether oxygens (including phenoxy) is 3. The molecule has 6 N–H and O–H groups in total. The third-order valence-corrected chi connectivity index (χ3v) is 14.4. The number of amides is 1. The monoisotopic (exact) mass is 1130 g/mol. The van der Waals surface area contributed by atoms with Crippen molar-refractivity contribution in [3.8, 4) is 0 Å². The van der Waals surface area contributed by atoms with Crippen LogP contribution < -0.4 is 5.32 Å². The van der Waals surface area contributed by atoms with Crippen LogP contribution in [0.4, 0.5) is 0 Å². The highest BCUT2D eigenvalue weighted by molar-refractivity contribution is 5.80. The van der Waals surface area contributed by atoms with Gasteiger partial charge in [0.05, 0.1) is 25.4 Å². The lowest BCUT2D eigenvalue weighted by Crippen LogP contribution is -2.61. The molecule has 462 valence electrons. The molecule has 0 aromatic rings. The number of hydrogen-bond donors (Lipinski definition) is 6. The number of unbranched alkanes of at least 4 members (excludes halogenated alkanes) is 23. The van der Waals surface area contributed by atoms with Crippen molar-refractivity contribution in [1.29, 1.82) is 0 Å². The van der Waals surface area contributed by atoms with E-state index in [-0.39, 0.29) is 19.4 Å². The number of aliphatic hydroxyl groups excluding tert-OH is 5. The minimum atomic E-state index is -1.63. The summed E-state index contributed by atoms with van der Waals surface area (Å²) in [7, 11) is 0. The number of rotatable bonds is 53. The molecule has 1 rings (SSSR count). The third kappa shape index (κ3) is 44.3. The molecule has 1 amide bonds. The lowest BCUT2D eigenvalue weighted by atomic mass is 9.99. The standard InChI is InChI=1S/C70H117NO10/c1-4-7-10-13-16-19-22-25-27-28-29-30-31-32-33-34-35-36-37-40-43-46-49-52-55-58-65(75)81-68-67(77)66(76)64(59-72)80-70(68)79-60-61(62(73)56-53-50-47-44-41-38-24-21-18-15-12-9-6-3)71-69(78)63(74)57-54-51-48-45-42-39-26-23-20-17-14-11-8-5-2/h7-8,10-11,14,16-17,19-20,23,25,27,29-30,32-33,35-36,53,56,61-64,66-68,70,72-74,76-77H,4-6,9,12-13,15,18,21-22,24,26,28,31,34,37-52,54-55,57-60H2,1-3H3,(H,71,78)/b10-7-,11-8+,17-14+,19-16-,23-20+,27-25-,30-29-,33-32-,36-35-,56-53+. The summed E-state index contributed by atoms with van der Waals surface area (Å²) in [5.74, 6) is -1.23. The second-order valence-corrected chi connectivity index (χ2v) is 21.8. The molecule has 0 aliphatic carbocycles. The Morgan fingerprint density at radius 1 is 0.506 bits per heavy atom. The summed E-state index contributed by atoms with van der Waals surface area (Å²) in [6.07, 6.45) is 68.0. The molecule has 0 radical (unpaired) electrons. The first kappa shape index (κ1) is 75.1. The van der Waals surface area contributed by atoms with Gasteiger partial charge in [-0.1, -0.05) is 264 Å². The van der Waals surface area contributed by atoms with E-state index in [0.29, 0.717) is 12.8 Å². The summed E-state index contributed by atoms with van der Waals surface area (Å²) >= 11 is 0. The van der Waals surface area contributed by atoms with E-state index in [2.05, 4.69) is 123 Å². The molecule has 0 spiro atoms. The molecule has 11 heteroatoms. The van der Waals surface area contributed by atoms with Crippen LogP contribution in [0.1, 0.15) is 245 Å². The van der Waals surface area contributed by atoms with Crippen molar-refractivity contribution in [1.82, 2.24) is 5.32 Å². The number of nitrogens with one attached hydrogen (secondary N) is 1. The molecule has 1 aliphatic rings. The Hall–Kier alpha value is -3.94. The van der Waals surface area contributed by atoms with Crippen molar-refractivity contribution in [3.05, 3.63) is 122 Å². The Balaban J connectivity index is 2.65. The molecule has 1 aliphatic heterocycles. The van der Waals surface area contributed by atoms with Crippen LogP contribution in [0.5, 0.6) is 0 Å². The smallest absolute Gasteiger partial charge is 0.306 e. The molecular weight excluding hydrogens is 1010 g/mol. The van der Waals surface area contributed by atoms with Crippen molar-refractivity contribution in [2.45, 2.75) is 294 Å². The average Bonchev–Trinajstić information content (AvgIpc) is 3.47. The molecule has 0 aromatic heterocycles. The predicted octanol–water partition coefficient (Wildman–Crippen LogP) is 15.8. The van der Waals surface area contributed by atoms with Crippen LogP contribution in [-0.4, -0.2) is 99.6 Å². The Morgan fingerprint density at radius 3 is 1.47 bits per heavy atom. The van der Waals surface area contributed by atoms with Gasteiger partial charge in [-0.2, -0.15) is 0 Å². The molecule has 81 heavy (non-hydrogen) atoms.